The molecule has 0 aliphatic heterocycles. The van der Waals surface area contributed by atoms with Crippen LogP contribution in [-0.2, 0) is 4.79 Å². The zero-order chi connectivity index (χ0) is 14.3. The first-order valence-electron chi connectivity index (χ1n) is 6.65. The van der Waals surface area contributed by atoms with Crippen molar-refractivity contribution >= 4 is 17.7 Å². The summed E-state index contributed by atoms with van der Waals surface area (Å²) in [5, 5.41) is 0. The highest BCUT2D eigenvalue weighted by Crippen LogP contribution is 2.16. The molecule has 0 bridgehead atoms. The molecular formula is C15H24N2OS. The Morgan fingerprint density at radius 2 is 2.00 bits per heavy atom. The van der Waals surface area contributed by atoms with Gasteiger partial charge in [0, 0.05) is 31.3 Å². The van der Waals surface area contributed by atoms with Crippen molar-refractivity contribution in [3.05, 3.63) is 35.9 Å². The Labute approximate surface area is 120 Å². The Morgan fingerprint density at radius 1 is 1.37 bits per heavy atom. The number of nitrogens with zero attached hydrogens (tertiary/aromatic N) is 1. The summed E-state index contributed by atoms with van der Waals surface area (Å²) in [7, 11) is 1.88. The minimum atomic E-state index is -0.220. The van der Waals surface area contributed by atoms with Gasteiger partial charge in [-0.3, -0.25) is 4.79 Å². The van der Waals surface area contributed by atoms with Crippen LogP contribution in [-0.4, -0.2) is 35.9 Å². The maximum atomic E-state index is 12.2. The van der Waals surface area contributed by atoms with Gasteiger partial charge in [0.2, 0.25) is 5.91 Å². The van der Waals surface area contributed by atoms with E-state index in [1.807, 2.05) is 42.3 Å². The number of rotatable bonds is 7. The first kappa shape index (κ1) is 16.1. The van der Waals surface area contributed by atoms with E-state index in [-0.39, 0.29) is 11.9 Å². The molecule has 2 N–H and O–H groups in total. The summed E-state index contributed by atoms with van der Waals surface area (Å²) in [4.78, 5) is 14.1. The van der Waals surface area contributed by atoms with Crippen molar-refractivity contribution < 1.29 is 4.79 Å². The molecule has 106 valence electrons. The Morgan fingerprint density at radius 3 is 2.53 bits per heavy atom. The van der Waals surface area contributed by atoms with Gasteiger partial charge in [0.05, 0.1) is 0 Å². The number of carbonyl (C=O) groups excluding carboxylic acids is 1. The highest BCUT2D eigenvalue weighted by Gasteiger charge is 2.20. The lowest BCUT2D eigenvalue weighted by Gasteiger charge is -2.28. The van der Waals surface area contributed by atoms with Crippen LogP contribution in [0.3, 0.4) is 0 Å². The van der Waals surface area contributed by atoms with Gasteiger partial charge in [-0.25, -0.2) is 0 Å². The molecule has 0 radical (unpaired) electrons. The van der Waals surface area contributed by atoms with E-state index in [9.17, 15) is 4.79 Å². The third-order valence-corrected chi connectivity index (χ3v) is 4.11. The van der Waals surface area contributed by atoms with E-state index in [0.29, 0.717) is 12.5 Å². The van der Waals surface area contributed by atoms with E-state index in [2.05, 4.69) is 13.2 Å². The van der Waals surface area contributed by atoms with E-state index >= 15 is 0 Å². The molecule has 2 unspecified atom stereocenters. The van der Waals surface area contributed by atoms with Crippen LogP contribution >= 0.6 is 11.8 Å². The van der Waals surface area contributed by atoms with Gasteiger partial charge in [-0.15, -0.1) is 0 Å². The van der Waals surface area contributed by atoms with Crippen molar-refractivity contribution in [2.75, 3.05) is 19.1 Å². The van der Waals surface area contributed by atoms with Gasteiger partial charge >= 0.3 is 0 Å². The fourth-order valence-corrected chi connectivity index (χ4v) is 2.89. The molecule has 0 saturated carbocycles. The first-order chi connectivity index (χ1) is 9.10. The van der Waals surface area contributed by atoms with E-state index in [1.54, 1.807) is 11.8 Å². The molecule has 0 heterocycles. The second-order valence-corrected chi connectivity index (χ2v) is 5.65. The number of amides is 1. The van der Waals surface area contributed by atoms with Gasteiger partial charge in [-0.05, 0) is 18.2 Å². The van der Waals surface area contributed by atoms with Gasteiger partial charge in [0.15, 0.2) is 0 Å². The Kier molecular flexibility index (Phi) is 6.95. The zero-order valence-electron chi connectivity index (χ0n) is 12.0. The minimum Gasteiger partial charge on any atom is -0.342 e. The van der Waals surface area contributed by atoms with Crippen molar-refractivity contribution in [3.63, 3.8) is 0 Å². The molecule has 1 amide bonds. The summed E-state index contributed by atoms with van der Waals surface area (Å²) in [6.07, 6.45) is 3.41. The summed E-state index contributed by atoms with van der Waals surface area (Å²) < 4.78 is 0. The SMILES string of the molecule is CCC(CSC)N(C)C(=O)CC(N)c1ccccc1. The highest BCUT2D eigenvalue weighted by atomic mass is 32.2. The first-order valence-corrected chi connectivity index (χ1v) is 8.04. The fraction of sp³-hybridized carbons (Fsp3) is 0.533. The van der Waals surface area contributed by atoms with E-state index in [1.165, 1.54) is 0 Å². The number of hydrogen-bond donors (Lipinski definition) is 1. The number of benzene rings is 1. The predicted octanol–water partition coefficient (Wildman–Crippen LogP) is 2.68. The second kappa shape index (κ2) is 8.23. The predicted molar refractivity (Wildman–Crippen MR) is 83.2 cm³/mol. The van der Waals surface area contributed by atoms with Crippen LogP contribution < -0.4 is 5.73 Å². The second-order valence-electron chi connectivity index (χ2n) is 4.74. The summed E-state index contributed by atoms with van der Waals surface area (Å²) in [6.45, 7) is 2.11. The van der Waals surface area contributed by atoms with Crippen molar-refractivity contribution in [3.8, 4) is 0 Å². The molecule has 19 heavy (non-hydrogen) atoms. The molecule has 0 saturated heterocycles. The van der Waals surface area contributed by atoms with Crippen LogP contribution in [0.15, 0.2) is 30.3 Å². The minimum absolute atomic E-state index is 0.122. The largest absolute Gasteiger partial charge is 0.342 e. The highest BCUT2D eigenvalue weighted by molar-refractivity contribution is 7.98. The third-order valence-electron chi connectivity index (χ3n) is 3.39. The Balaban J connectivity index is 2.58. The van der Waals surface area contributed by atoms with Gasteiger partial charge in [0.25, 0.3) is 0 Å². The van der Waals surface area contributed by atoms with Crippen LogP contribution in [0.4, 0.5) is 0 Å². The summed E-state index contributed by atoms with van der Waals surface area (Å²) >= 11 is 1.77. The molecule has 0 spiro atoms. The molecule has 2 atom stereocenters. The number of carbonyl (C=O) groups is 1. The Bertz CT molecular complexity index is 383. The number of thioether (sulfide) groups is 1. The van der Waals surface area contributed by atoms with Crippen LogP contribution in [0.2, 0.25) is 0 Å². The van der Waals surface area contributed by atoms with Crippen molar-refractivity contribution in [2.45, 2.75) is 31.8 Å². The van der Waals surface area contributed by atoms with Gasteiger partial charge in [-0.2, -0.15) is 11.8 Å². The summed E-state index contributed by atoms with van der Waals surface area (Å²) in [5.41, 5.74) is 7.11. The Hall–Kier alpha value is -1.00. The van der Waals surface area contributed by atoms with Crippen molar-refractivity contribution in [2.24, 2.45) is 5.73 Å². The lowest BCUT2D eigenvalue weighted by atomic mass is 10.0. The molecule has 1 rings (SSSR count). The molecule has 4 heteroatoms. The van der Waals surface area contributed by atoms with Crippen LogP contribution in [0.5, 0.6) is 0 Å². The van der Waals surface area contributed by atoms with Crippen LogP contribution in [0.25, 0.3) is 0 Å². The van der Waals surface area contributed by atoms with Crippen LogP contribution in [0, 0.1) is 0 Å². The number of hydrogen-bond acceptors (Lipinski definition) is 3. The molecule has 0 fully saturated rings. The number of nitrogens with two attached hydrogens (primary N) is 1. The van der Waals surface area contributed by atoms with Crippen LogP contribution in [0.1, 0.15) is 31.4 Å². The van der Waals surface area contributed by atoms with Crippen molar-refractivity contribution in [1.82, 2.24) is 4.90 Å². The molecule has 1 aromatic rings. The average Bonchev–Trinajstić information content (AvgIpc) is 2.44. The van der Waals surface area contributed by atoms with Crippen molar-refractivity contribution in [1.29, 1.82) is 0 Å². The van der Waals surface area contributed by atoms with E-state index < -0.39 is 0 Å². The van der Waals surface area contributed by atoms with E-state index in [4.69, 9.17) is 5.73 Å². The lowest BCUT2D eigenvalue weighted by Crippen LogP contribution is -2.39. The van der Waals surface area contributed by atoms with Gasteiger partial charge in [-0.1, -0.05) is 37.3 Å². The lowest BCUT2D eigenvalue weighted by molar-refractivity contribution is -0.132. The monoisotopic (exact) mass is 280 g/mol. The maximum absolute atomic E-state index is 12.2. The normalized spacial score (nSPS) is 13.9. The quantitative estimate of drug-likeness (QED) is 0.835. The maximum Gasteiger partial charge on any atom is 0.224 e. The van der Waals surface area contributed by atoms with Gasteiger partial charge < -0.3 is 10.6 Å². The van der Waals surface area contributed by atoms with Gasteiger partial charge in [0.1, 0.15) is 0 Å². The molecule has 1 aromatic carbocycles. The smallest absolute Gasteiger partial charge is 0.224 e. The average molecular weight is 280 g/mol. The molecule has 0 aliphatic carbocycles. The molecular weight excluding hydrogens is 256 g/mol. The molecule has 3 nitrogen and oxygen atoms in total. The topological polar surface area (TPSA) is 46.3 Å². The third kappa shape index (κ3) is 4.88. The summed E-state index contributed by atoms with van der Waals surface area (Å²) in [6, 6.07) is 9.87. The zero-order valence-corrected chi connectivity index (χ0v) is 12.8. The molecule has 0 aliphatic rings. The molecule has 0 aromatic heterocycles. The summed E-state index contributed by atoms with van der Waals surface area (Å²) in [5.74, 6) is 1.09. The standard InChI is InChI=1S/C15H24N2OS/c1-4-13(11-19-3)17(2)15(18)10-14(16)12-8-6-5-7-9-12/h5-9,13-14H,4,10-11,16H2,1-3H3. The fourth-order valence-electron chi connectivity index (χ4n) is 2.05. The van der Waals surface area contributed by atoms with E-state index in [0.717, 1.165) is 17.7 Å².